The van der Waals surface area contributed by atoms with Crippen LogP contribution in [0, 0.1) is 5.92 Å². The number of methoxy groups -OCH3 is 1. The van der Waals surface area contributed by atoms with Gasteiger partial charge in [-0.05, 0) is 44.9 Å². The van der Waals surface area contributed by atoms with Crippen LogP contribution in [-0.4, -0.2) is 35.7 Å². The molecule has 0 bridgehead atoms. The molecule has 0 saturated heterocycles. The molecule has 0 aromatic heterocycles. The third-order valence-electron chi connectivity index (χ3n) is 4.10. The maximum Gasteiger partial charge on any atom is 0.329 e. The van der Waals surface area contributed by atoms with E-state index in [0.717, 1.165) is 12.8 Å². The Hall–Kier alpha value is -1.10. The summed E-state index contributed by atoms with van der Waals surface area (Å²) in [5, 5.41) is 12.1. The predicted octanol–water partition coefficient (Wildman–Crippen LogP) is 1.95. The van der Waals surface area contributed by atoms with Crippen molar-refractivity contribution in [3.8, 4) is 0 Å². The quantitative estimate of drug-likeness (QED) is 0.774. The summed E-state index contributed by atoms with van der Waals surface area (Å²) >= 11 is 0. The Morgan fingerprint density at radius 3 is 2.47 bits per heavy atom. The average molecular weight is 271 g/mol. The number of carbonyl (C=O) groups excluding carboxylic acids is 1. The number of carboxylic acids is 1. The number of aliphatic carboxylic acids is 1. The highest BCUT2D eigenvalue weighted by Crippen LogP contribution is 2.32. The first-order valence-electron chi connectivity index (χ1n) is 6.97. The number of amides is 1. The van der Waals surface area contributed by atoms with Gasteiger partial charge in [-0.25, -0.2) is 4.79 Å². The van der Waals surface area contributed by atoms with E-state index in [0.29, 0.717) is 31.6 Å². The molecule has 0 aromatic rings. The third kappa shape index (κ3) is 4.49. The molecule has 1 fully saturated rings. The van der Waals surface area contributed by atoms with Crippen molar-refractivity contribution in [2.45, 2.75) is 64.0 Å². The maximum atomic E-state index is 11.9. The van der Waals surface area contributed by atoms with Crippen LogP contribution in [0.5, 0.6) is 0 Å². The number of carboxylic acid groups (broad SMARTS) is 1. The summed E-state index contributed by atoms with van der Waals surface area (Å²) in [6.07, 6.45) is 3.67. The van der Waals surface area contributed by atoms with E-state index in [1.54, 1.807) is 7.11 Å². The summed E-state index contributed by atoms with van der Waals surface area (Å²) in [6, 6.07) is 0. The highest BCUT2D eigenvalue weighted by molar-refractivity contribution is 5.87. The van der Waals surface area contributed by atoms with Crippen LogP contribution in [-0.2, 0) is 14.3 Å². The molecule has 1 aliphatic carbocycles. The van der Waals surface area contributed by atoms with Crippen LogP contribution in [0.25, 0.3) is 0 Å². The molecule has 1 atom stereocenters. The van der Waals surface area contributed by atoms with Gasteiger partial charge in [0.05, 0.1) is 6.10 Å². The standard InChI is InChI=1S/C14H25NO4/c1-10-6-8-14(9-7-10,13(17)18)15-12(16)5-4-11(2)19-3/h10-11H,4-9H2,1-3H3,(H,15,16)(H,17,18). The monoisotopic (exact) mass is 271 g/mol. The van der Waals surface area contributed by atoms with Gasteiger partial charge in [-0.2, -0.15) is 0 Å². The van der Waals surface area contributed by atoms with Crippen molar-refractivity contribution in [1.29, 1.82) is 0 Å². The van der Waals surface area contributed by atoms with E-state index < -0.39 is 11.5 Å². The topological polar surface area (TPSA) is 75.6 Å². The average Bonchev–Trinajstić information content (AvgIpc) is 2.38. The Balaban J connectivity index is 2.54. The van der Waals surface area contributed by atoms with Gasteiger partial charge in [0.1, 0.15) is 5.54 Å². The SMILES string of the molecule is COC(C)CCC(=O)NC1(C(=O)O)CCC(C)CC1. The molecular weight excluding hydrogens is 246 g/mol. The van der Waals surface area contributed by atoms with Crippen molar-refractivity contribution >= 4 is 11.9 Å². The van der Waals surface area contributed by atoms with Crippen LogP contribution >= 0.6 is 0 Å². The highest BCUT2D eigenvalue weighted by atomic mass is 16.5. The van der Waals surface area contributed by atoms with Crippen LogP contribution in [0.15, 0.2) is 0 Å². The molecule has 5 heteroatoms. The van der Waals surface area contributed by atoms with E-state index in [2.05, 4.69) is 12.2 Å². The van der Waals surface area contributed by atoms with E-state index in [4.69, 9.17) is 4.74 Å². The summed E-state index contributed by atoms with van der Waals surface area (Å²) < 4.78 is 5.08. The van der Waals surface area contributed by atoms with Crippen molar-refractivity contribution in [2.24, 2.45) is 5.92 Å². The van der Waals surface area contributed by atoms with Gasteiger partial charge < -0.3 is 15.2 Å². The summed E-state index contributed by atoms with van der Waals surface area (Å²) in [4.78, 5) is 23.4. The normalized spacial score (nSPS) is 28.7. The number of hydrogen-bond donors (Lipinski definition) is 2. The van der Waals surface area contributed by atoms with Gasteiger partial charge in [0.15, 0.2) is 0 Å². The number of hydrogen-bond acceptors (Lipinski definition) is 3. The van der Waals surface area contributed by atoms with Crippen LogP contribution < -0.4 is 5.32 Å². The summed E-state index contributed by atoms with van der Waals surface area (Å²) in [5.74, 6) is -0.564. The zero-order valence-corrected chi connectivity index (χ0v) is 12.1. The smallest absolute Gasteiger partial charge is 0.329 e. The van der Waals surface area contributed by atoms with Gasteiger partial charge in [-0.3, -0.25) is 4.79 Å². The molecule has 0 aliphatic heterocycles. The third-order valence-corrected chi connectivity index (χ3v) is 4.10. The Kier molecular flexibility index (Phi) is 5.79. The van der Waals surface area contributed by atoms with Gasteiger partial charge in [0, 0.05) is 13.5 Å². The maximum absolute atomic E-state index is 11.9. The van der Waals surface area contributed by atoms with Crippen molar-refractivity contribution in [2.75, 3.05) is 7.11 Å². The van der Waals surface area contributed by atoms with Crippen molar-refractivity contribution in [3.63, 3.8) is 0 Å². The van der Waals surface area contributed by atoms with Crippen LogP contribution in [0.1, 0.15) is 52.4 Å². The van der Waals surface area contributed by atoms with E-state index >= 15 is 0 Å². The molecule has 1 amide bonds. The number of ether oxygens (including phenoxy) is 1. The first kappa shape index (κ1) is 16.0. The lowest BCUT2D eigenvalue weighted by atomic mass is 9.77. The fourth-order valence-electron chi connectivity index (χ4n) is 2.43. The highest BCUT2D eigenvalue weighted by Gasteiger charge is 2.42. The summed E-state index contributed by atoms with van der Waals surface area (Å²) in [7, 11) is 1.60. The molecule has 1 aliphatic rings. The molecule has 0 heterocycles. The summed E-state index contributed by atoms with van der Waals surface area (Å²) in [6.45, 7) is 4.01. The molecular formula is C14H25NO4. The van der Waals surface area contributed by atoms with E-state index in [1.807, 2.05) is 6.92 Å². The molecule has 1 rings (SSSR count). The minimum Gasteiger partial charge on any atom is -0.480 e. The van der Waals surface area contributed by atoms with E-state index in [1.165, 1.54) is 0 Å². The lowest BCUT2D eigenvalue weighted by Gasteiger charge is -2.36. The zero-order chi connectivity index (χ0) is 14.5. The molecule has 1 unspecified atom stereocenters. The van der Waals surface area contributed by atoms with Crippen molar-refractivity contribution in [3.05, 3.63) is 0 Å². The predicted molar refractivity (Wildman–Crippen MR) is 71.8 cm³/mol. The molecule has 1 saturated carbocycles. The number of carbonyl (C=O) groups is 2. The summed E-state index contributed by atoms with van der Waals surface area (Å²) in [5.41, 5.74) is -1.06. The van der Waals surface area contributed by atoms with Gasteiger partial charge in [-0.1, -0.05) is 6.92 Å². The van der Waals surface area contributed by atoms with E-state index in [9.17, 15) is 14.7 Å². The van der Waals surface area contributed by atoms with Gasteiger partial charge in [0.25, 0.3) is 0 Å². The lowest BCUT2D eigenvalue weighted by molar-refractivity contribution is -0.149. The number of nitrogens with one attached hydrogen (secondary N) is 1. The largest absolute Gasteiger partial charge is 0.480 e. The van der Waals surface area contributed by atoms with Gasteiger partial charge in [0.2, 0.25) is 5.91 Å². The van der Waals surface area contributed by atoms with Crippen LogP contribution in [0.2, 0.25) is 0 Å². The first-order valence-corrected chi connectivity index (χ1v) is 6.97. The lowest BCUT2D eigenvalue weighted by Crippen LogP contribution is -2.56. The minimum atomic E-state index is -1.06. The molecule has 19 heavy (non-hydrogen) atoms. The minimum absolute atomic E-state index is 0.0120. The Labute approximate surface area is 114 Å². The second-order valence-corrected chi connectivity index (χ2v) is 5.70. The Morgan fingerprint density at radius 1 is 1.42 bits per heavy atom. The molecule has 2 N–H and O–H groups in total. The van der Waals surface area contributed by atoms with Crippen molar-refractivity contribution < 1.29 is 19.4 Å². The first-order chi connectivity index (χ1) is 8.89. The fraction of sp³-hybridized carbons (Fsp3) is 0.857. The Morgan fingerprint density at radius 2 is 2.00 bits per heavy atom. The molecule has 0 radical (unpaired) electrons. The second kappa shape index (κ2) is 6.89. The fourth-order valence-corrected chi connectivity index (χ4v) is 2.43. The molecule has 0 aromatic carbocycles. The van der Waals surface area contributed by atoms with Crippen LogP contribution in [0.3, 0.4) is 0 Å². The molecule has 110 valence electrons. The van der Waals surface area contributed by atoms with Crippen LogP contribution in [0.4, 0.5) is 0 Å². The Bertz CT molecular complexity index is 321. The second-order valence-electron chi connectivity index (χ2n) is 5.70. The number of rotatable bonds is 6. The zero-order valence-electron chi connectivity index (χ0n) is 12.1. The van der Waals surface area contributed by atoms with Gasteiger partial charge in [-0.15, -0.1) is 0 Å². The van der Waals surface area contributed by atoms with Gasteiger partial charge >= 0.3 is 5.97 Å². The molecule has 5 nitrogen and oxygen atoms in total. The van der Waals surface area contributed by atoms with Crippen molar-refractivity contribution in [1.82, 2.24) is 5.32 Å². The van der Waals surface area contributed by atoms with E-state index in [-0.39, 0.29) is 12.0 Å². The molecule has 0 spiro atoms.